The first-order valence-electron chi connectivity index (χ1n) is 15.8. The number of guanidine groups is 1. The molecule has 0 fully saturated rings. The Morgan fingerprint density at radius 1 is 0.867 bits per heavy atom. The first kappa shape index (κ1) is 33.2. The zero-order valence-corrected chi connectivity index (χ0v) is 26.3. The van der Waals surface area contributed by atoms with Crippen molar-refractivity contribution < 1.29 is 9.59 Å². The molecule has 0 radical (unpaired) electrons. The number of nitrogens with zero attached hydrogens (tertiary/aromatic N) is 1. The number of rotatable bonds is 16. The van der Waals surface area contributed by atoms with Gasteiger partial charge in [-0.15, -0.1) is 0 Å². The number of hydrogen-bond acceptors (Lipinski definition) is 4. The molecule has 0 aliphatic heterocycles. The Hall–Kier alpha value is -4.69. The van der Waals surface area contributed by atoms with Crippen LogP contribution in [-0.4, -0.2) is 60.9 Å². The van der Waals surface area contributed by atoms with Gasteiger partial charge in [0.05, 0.1) is 6.04 Å². The van der Waals surface area contributed by atoms with Gasteiger partial charge in [-0.3, -0.25) is 15.0 Å². The maximum Gasteiger partial charge on any atom is 0.239 e. The molecule has 6 N–H and O–H groups in total. The molecular weight excluding hydrogens is 560 g/mol. The van der Waals surface area contributed by atoms with Crippen LogP contribution in [0.2, 0.25) is 0 Å². The van der Waals surface area contributed by atoms with Crippen molar-refractivity contribution in [2.24, 2.45) is 5.73 Å². The summed E-state index contributed by atoms with van der Waals surface area (Å²) in [6.07, 6.45) is 1.84. The molecule has 0 spiro atoms. The maximum atomic E-state index is 14.2. The minimum atomic E-state index is -0.473. The molecule has 2 atom stereocenters. The normalized spacial score (nSPS) is 12.4. The summed E-state index contributed by atoms with van der Waals surface area (Å²) in [6, 6.07) is 34.5. The lowest BCUT2D eigenvalue weighted by atomic mass is 9.90. The third-order valence-electron chi connectivity index (χ3n) is 8.10. The number of fused-ring (bicyclic) bond motifs is 1. The molecule has 0 bridgehead atoms. The molecule has 4 aromatic rings. The maximum absolute atomic E-state index is 14.2. The number of amides is 2. The minimum absolute atomic E-state index is 0.0180. The fourth-order valence-corrected chi connectivity index (χ4v) is 5.83. The third-order valence-corrected chi connectivity index (χ3v) is 8.10. The van der Waals surface area contributed by atoms with Crippen molar-refractivity contribution in [3.8, 4) is 0 Å². The van der Waals surface area contributed by atoms with Gasteiger partial charge in [0.2, 0.25) is 11.8 Å². The largest absolute Gasteiger partial charge is 0.370 e. The van der Waals surface area contributed by atoms with Gasteiger partial charge in [0, 0.05) is 45.1 Å². The van der Waals surface area contributed by atoms with E-state index < -0.39 is 6.04 Å². The van der Waals surface area contributed by atoms with Crippen LogP contribution in [0.25, 0.3) is 10.8 Å². The smallest absolute Gasteiger partial charge is 0.239 e. The first-order valence-corrected chi connectivity index (χ1v) is 15.8. The number of likely N-dealkylation sites (N-methyl/N-ethyl adjacent to an activating group) is 1. The Morgan fingerprint density at radius 2 is 1.49 bits per heavy atom. The molecule has 2 amide bonds. The zero-order chi connectivity index (χ0) is 32.0. The summed E-state index contributed by atoms with van der Waals surface area (Å²) in [5.41, 5.74) is 8.93. The van der Waals surface area contributed by atoms with Crippen LogP contribution in [0.3, 0.4) is 0 Å². The second kappa shape index (κ2) is 17.0. The molecule has 8 nitrogen and oxygen atoms in total. The van der Waals surface area contributed by atoms with Crippen LogP contribution >= 0.6 is 0 Å². The number of nitrogens with one attached hydrogen (secondary N) is 4. The van der Waals surface area contributed by atoms with E-state index in [0.717, 1.165) is 22.1 Å². The van der Waals surface area contributed by atoms with Crippen molar-refractivity contribution in [1.82, 2.24) is 20.9 Å². The predicted octanol–water partition coefficient (Wildman–Crippen LogP) is 4.79. The standard InChI is InChI=1S/C37H46N6O2/c1-3-43(26-34(30-14-6-4-7-15-30)31-16-8-5-9-17-31)36(45)35(19-12-22-40-37(38)39)41-25-33(42-27(2)44)24-28-20-21-29-13-10-11-18-32(29)23-28/h4-11,13-18,20-21,23,33-35,41H,3,12,19,22,24-26H2,1-2H3,(H,42,44)(H4,38,39,40)/t33-,35-/m0/s1. The summed E-state index contributed by atoms with van der Waals surface area (Å²) in [6.45, 7) is 5.57. The predicted molar refractivity (Wildman–Crippen MR) is 183 cm³/mol. The van der Waals surface area contributed by atoms with Crippen molar-refractivity contribution in [2.75, 3.05) is 26.2 Å². The van der Waals surface area contributed by atoms with Crippen LogP contribution in [0.5, 0.6) is 0 Å². The number of nitrogens with two attached hydrogens (primary N) is 1. The number of carbonyl (C=O) groups is 2. The molecule has 0 saturated heterocycles. The summed E-state index contributed by atoms with van der Waals surface area (Å²) in [4.78, 5) is 28.4. The van der Waals surface area contributed by atoms with E-state index >= 15 is 0 Å². The van der Waals surface area contributed by atoms with Crippen LogP contribution in [0.4, 0.5) is 0 Å². The Kier molecular flexibility index (Phi) is 12.5. The molecule has 0 heterocycles. The van der Waals surface area contributed by atoms with Gasteiger partial charge in [-0.25, -0.2) is 0 Å². The Morgan fingerprint density at radius 3 is 2.09 bits per heavy atom. The van der Waals surface area contributed by atoms with Crippen LogP contribution in [-0.2, 0) is 16.0 Å². The molecule has 236 valence electrons. The van der Waals surface area contributed by atoms with Crippen molar-refractivity contribution in [2.45, 2.75) is 51.1 Å². The van der Waals surface area contributed by atoms with Crippen LogP contribution in [0.1, 0.15) is 49.3 Å². The Labute approximate surface area is 266 Å². The Bertz CT molecular complexity index is 1490. The minimum Gasteiger partial charge on any atom is -0.370 e. The molecule has 45 heavy (non-hydrogen) atoms. The monoisotopic (exact) mass is 606 g/mol. The molecule has 0 aromatic heterocycles. The summed E-state index contributed by atoms with van der Waals surface area (Å²) >= 11 is 0. The van der Waals surface area contributed by atoms with Gasteiger partial charge < -0.3 is 26.6 Å². The van der Waals surface area contributed by atoms with E-state index in [2.05, 4.69) is 70.5 Å². The number of benzene rings is 4. The topological polar surface area (TPSA) is 123 Å². The van der Waals surface area contributed by atoms with Crippen molar-refractivity contribution >= 4 is 28.5 Å². The van der Waals surface area contributed by atoms with E-state index in [1.165, 1.54) is 12.3 Å². The van der Waals surface area contributed by atoms with E-state index in [4.69, 9.17) is 11.1 Å². The van der Waals surface area contributed by atoms with Gasteiger partial charge in [0.15, 0.2) is 5.96 Å². The highest BCUT2D eigenvalue weighted by molar-refractivity contribution is 5.83. The molecule has 0 unspecified atom stereocenters. The SMILES string of the molecule is CCN(CC(c1ccccc1)c1ccccc1)C(=O)[C@H](CCCNC(=N)N)NC[C@H](Cc1ccc2ccccc2c1)NC(C)=O. The van der Waals surface area contributed by atoms with Crippen molar-refractivity contribution in [3.63, 3.8) is 0 Å². The highest BCUT2D eigenvalue weighted by Crippen LogP contribution is 2.26. The van der Waals surface area contributed by atoms with Gasteiger partial charge >= 0.3 is 0 Å². The summed E-state index contributed by atoms with van der Waals surface area (Å²) < 4.78 is 0. The van der Waals surface area contributed by atoms with E-state index in [1.54, 1.807) is 0 Å². The summed E-state index contributed by atoms with van der Waals surface area (Å²) in [5.74, 6) is -0.156. The van der Waals surface area contributed by atoms with Gasteiger partial charge in [0.25, 0.3) is 0 Å². The summed E-state index contributed by atoms with van der Waals surface area (Å²) in [7, 11) is 0. The molecule has 4 rings (SSSR count). The van der Waals surface area contributed by atoms with Gasteiger partial charge in [-0.2, -0.15) is 0 Å². The average Bonchev–Trinajstić information content (AvgIpc) is 3.05. The fraction of sp³-hybridized carbons (Fsp3) is 0.324. The molecule has 0 saturated carbocycles. The second-order valence-corrected chi connectivity index (χ2v) is 11.5. The zero-order valence-electron chi connectivity index (χ0n) is 26.3. The van der Waals surface area contributed by atoms with Gasteiger partial charge in [-0.1, -0.05) is 103 Å². The van der Waals surface area contributed by atoms with Crippen molar-refractivity contribution in [1.29, 1.82) is 5.41 Å². The van der Waals surface area contributed by atoms with Crippen molar-refractivity contribution in [3.05, 3.63) is 120 Å². The third kappa shape index (κ3) is 10.2. The van der Waals surface area contributed by atoms with Crippen LogP contribution < -0.4 is 21.7 Å². The highest BCUT2D eigenvalue weighted by atomic mass is 16.2. The lowest BCUT2D eigenvalue weighted by Crippen LogP contribution is -2.52. The van der Waals surface area contributed by atoms with E-state index in [0.29, 0.717) is 45.4 Å². The lowest BCUT2D eigenvalue weighted by Gasteiger charge is -2.32. The van der Waals surface area contributed by atoms with Crippen LogP contribution in [0.15, 0.2) is 103 Å². The second-order valence-electron chi connectivity index (χ2n) is 11.5. The molecule has 4 aromatic carbocycles. The van der Waals surface area contributed by atoms with Crippen LogP contribution in [0, 0.1) is 5.41 Å². The molecule has 0 aliphatic carbocycles. The number of carbonyl (C=O) groups excluding carboxylic acids is 2. The first-order chi connectivity index (χ1) is 21.8. The molecular formula is C37H46N6O2. The molecule has 8 heteroatoms. The van der Waals surface area contributed by atoms with Gasteiger partial charge in [-0.05, 0) is 53.6 Å². The van der Waals surface area contributed by atoms with E-state index in [9.17, 15) is 9.59 Å². The quantitative estimate of drug-likeness (QED) is 0.0713. The lowest BCUT2D eigenvalue weighted by molar-refractivity contribution is -0.133. The van der Waals surface area contributed by atoms with E-state index in [-0.39, 0.29) is 29.7 Å². The van der Waals surface area contributed by atoms with E-state index in [1.807, 2.05) is 60.4 Å². The highest BCUT2D eigenvalue weighted by Gasteiger charge is 2.27. The Balaban J connectivity index is 1.52. The molecule has 0 aliphatic rings. The number of hydrogen-bond donors (Lipinski definition) is 5. The fourth-order valence-electron chi connectivity index (χ4n) is 5.83. The average molecular weight is 607 g/mol. The summed E-state index contributed by atoms with van der Waals surface area (Å²) in [5, 5.41) is 19.3. The van der Waals surface area contributed by atoms with Gasteiger partial charge in [0.1, 0.15) is 0 Å².